The van der Waals surface area contributed by atoms with Crippen molar-refractivity contribution in [3.63, 3.8) is 0 Å². The van der Waals surface area contributed by atoms with Gasteiger partial charge in [0.1, 0.15) is 0 Å². The number of unbranched alkanes of at least 4 members (excludes halogenated alkanes) is 1. The average Bonchev–Trinajstić information content (AvgIpc) is 2.94. The molecule has 0 spiro atoms. The van der Waals surface area contributed by atoms with Gasteiger partial charge in [-0.25, -0.2) is 0 Å². The van der Waals surface area contributed by atoms with Crippen molar-refractivity contribution in [3.8, 4) is 0 Å². The molecule has 1 saturated heterocycles. The third-order valence-corrected chi connectivity index (χ3v) is 3.01. The molecule has 0 radical (unpaired) electrons. The van der Waals surface area contributed by atoms with E-state index in [1.165, 1.54) is 0 Å². The Morgan fingerprint density at radius 1 is 1.44 bits per heavy atom. The highest BCUT2D eigenvalue weighted by Crippen LogP contribution is 2.24. The molecule has 1 aliphatic rings. The van der Waals surface area contributed by atoms with E-state index in [9.17, 15) is 0 Å². The first kappa shape index (κ1) is 11.5. The number of aryl methyl sites for hydroxylation is 1. The van der Waals surface area contributed by atoms with Gasteiger partial charge in [0.2, 0.25) is 5.89 Å². The second-order valence-electron chi connectivity index (χ2n) is 4.19. The lowest BCUT2D eigenvalue weighted by atomic mass is 10.0. The van der Waals surface area contributed by atoms with Crippen molar-refractivity contribution in [2.75, 3.05) is 20.3 Å². The van der Waals surface area contributed by atoms with Crippen LogP contribution >= 0.6 is 0 Å². The van der Waals surface area contributed by atoms with Crippen LogP contribution in [0.15, 0.2) is 4.52 Å². The van der Waals surface area contributed by atoms with Crippen molar-refractivity contribution >= 4 is 0 Å². The number of likely N-dealkylation sites (N-methyl/N-ethyl adjacent to an activating group) is 1. The Hall–Kier alpha value is -0.940. The summed E-state index contributed by atoms with van der Waals surface area (Å²) in [7, 11) is 1.93. The Balaban J connectivity index is 2.00. The zero-order chi connectivity index (χ0) is 11.4. The Morgan fingerprint density at radius 2 is 2.31 bits per heavy atom. The highest BCUT2D eigenvalue weighted by molar-refractivity contribution is 5.02. The number of nitrogens with zero attached hydrogens (tertiary/aromatic N) is 2. The van der Waals surface area contributed by atoms with Crippen LogP contribution in [0, 0.1) is 0 Å². The van der Waals surface area contributed by atoms with E-state index in [1.54, 1.807) is 0 Å². The van der Waals surface area contributed by atoms with Crippen LogP contribution in [0.25, 0.3) is 0 Å². The minimum Gasteiger partial charge on any atom is -0.379 e. The third kappa shape index (κ3) is 2.41. The SMILES string of the molecule is CCCCc1noc(C2COCC2NC)n1. The lowest BCUT2D eigenvalue weighted by molar-refractivity contribution is 0.185. The van der Waals surface area contributed by atoms with Gasteiger partial charge in [0.05, 0.1) is 19.1 Å². The minimum atomic E-state index is 0.202. The molecule has 1 N–H and O–H groups in total. The fraction of sp³-hybridized carbons (Fsp3) is 0.818. The maximum atomic E-state index is 5.42. The zero-order valence-electron chi connectivity index (χ0n) is 9.90. The molecular formula is C11H19N3O2. The van der Waals surface area contributed by atoms with E-state index in [1.807, 2.05) is 7.05 Å². The lowest BCUT2D eigenvalue weighted by Crippen LogP contribution is -2.31. The second kappa shape index (κ2) is 5.41. The molecule has 1 fully saturated rings. The molecule has 5 heteroatoms. The highest BCUT2D eigenvalue weighted by atomic mass is 16.5. The van der Waals surface area contributed by atoms with Crippen molar-refractivity contribution < 1.29 is 9.26 Å². The van der Waals surface area contributed by atoms with Crippen LogP contribution in [-0.2, 0) is 11.2 Å². The normalized spacial score (nSPS) is 25.1. The van der Waals surface area contributed by atoms with Crippen LogP contribution in [-0.4, -0.2) is 36.4 Å². The molecule has 0 bridgehead atoms. The van der Waals surface area contributed by atoms with E-state index in [0.29, 0.717) is 25.1 Å². The van der Waals surface area contributed by atoms with Crippen LogP contribution in [0.4, 0.5) is 0 Å². The Bertz CT molecular complexity index is 327. The fourth-order valence-electron chi connectivity index (χ4n) is 1.94. The van der Waals surface area contributed by atoms with E-state index < -0.39 is 0 Å². The summed E-state index contributed by atoms with van der Waals surface area (Å²) in [5.74, 6) is 1.73. The predicted octanol–water partition coefficient (Wildman–Crippen LogP) is 1.11. The van der Waals surface area contributed by atoms with Gasteiger partial charge in [0, 0.05) is 12.5 Å². The van der Waals surface area contributed by atoms with Gasteiger partial charge >= 0.3 is 0 Å². The molecule has 2 heterocycles. The monoisotopic (exact) mass is 225 g/mol. The largest absolute Gasteiger partial charge is 0.379 e. The first-order valence-corrected chi connectivity index (χ1v) is 5.92. The standard InChI is InChI=1S/C11H19N3O2/c1-3-4-5-10-13-11(16-14-10)8-6-15-7-9(8)12-2/h8-9,12H,3-7H2,1-2H3. The molecule has 2 atom stereocenters. The molecule has 1 aromatic heterocycles. The van der Waals surface area contributed by atoms with Crippen molar-refractivity contribution in [1.29, 1.82) is 0 Å². The van der Waals surface area contributed by atoms with Crippen molar-refractivity contribution in [3.05, 3.63) is 11.7 Å². The summed E-state index contributed by atoms with van der Waals surface area (Å²) in [6, 6.07) is 0.291. The Morgan fingerprint density at radius 3 is 3.06 bits per heavy atom. The fourth-order valence-corrected chi connectivity index (χ4v) is 1.94. The smallest absolute Gasteiger partial charge is 0.233 e. The van der Waals surface area contributed by atoms with Crippen LogP contribution < -0.4 is 5.32 Å². The molecule has 16 heavy (non-hydrogen) atoms. The summed E-state index contributed by atoms with van der Waals surface area (Å²) in [6.45, 7) is 3.54. The number of hydrogen-bond donors (Lipinski definition) is 1. The average molecular weight is 225 g/mol. The number of ether oxygens (including phenoxy) is 1. The van der Waals surface area contributed by atoms with E-state index in [4.69, 9.17) is 9.26 Å². The summed E-state index contributed by atoms with van der Waals surface area (Å²) < 4.78 is 10.7. The van der Waals surface area contributed by atoms with Crippen LogP contribution in [0.2, 0.25) is 0 Å². The molecule has 2 rings (SSSR count). The van der Waals surface area contributed by atoms with Crippen molar-refractivity contribution in [2.24, 2.45) is 0 Å². The molecule has 0 aromatic carbocycles. The summed E-state index contributed by atoms with van der Waals surface area (Å²) in [5.41, 5.74) is 0. The van der Waals surface area contributed by atoms with Gasteiger partial charge < -0.3 is 14.6 Å². The molecule has 0 saturated carbocycles. The summed E-state index contributed by atoms with van der Waals surface area (Å²) in [4.78, 5) is 4.43. The Labute approximate surface area is 95.6 Å². The highest BCUT2D eigenvalue weighted by Gasteiger charge is 2.32. The van der Waals surface area contributed by atoms with E-state index in [0.717, 1.165) is 25.1 Å². The summed E-state index contributed by atoms with van der Waals surface area (Å²) in [5, 5.41) is 7.21. The zero-order valence-corrected chi connectivity index (χ0v) is 9.90. The van der Waals surface area contributed by atoms with Crippen LogP contribution in [0.3, 0.4) is 0 Å². The molecule has 0 amide bonds. The lowest BCUT2D eigenvalue weighted by Gasteiger charge is -2.11. The summed E-state index contributed by atoms with van der Waals surface area (Å²) in [6.07, 6.45) is 3.16. The topological polar surface area (TPSA) is 60.2 Å². The number of hydrogen-bond acceptors (Lipinski definition) is 5. The van der Waals surface area contributed by atoms with Gasteiger partial charge in [0.15, 0.2) is 5.82 Å². The van der Waals surface area contributed by atoms with Gasteiger partial charge in [-0.2, -0.15) is 4.98 Å². The molecular weight excluding hydrogens is 206 g/mol. The quantitative estimate of drug-likeness (QED) is 0.813. The number of nitrogens with one attached hydrogen (secondary N) is 1. The van der Waals surface area contributed by atoms with Crippen molar-refractivity contribution in [2.45, 2.75) is 38.1 Å². The van der Waals surface area contributed by atoms with Crippen molar-refractivity contribution in [1.82, 2.24) is 15.5 Å². The first-order chi connectivity index (χ1) is 7.85. The van der Waals surface area contributed by atoms with Crippen LogP contribution in [0.5, 0.6) is 0 Å². The first-order valence-electron chi connectivity index (χ1n) is 5.92. The second-order valence-corrected chi connectivity index (χ2v) is 4.19. The van der Waals surface area contributed by atoms with E-state index in [-0.39, 0.29) is 5.92 Å². The molecule has 90 valence electrons. The Kier molecular flexibility index (Phi) is 3.90. The van der Waals surface area contributed by atoms with E-state index in [2.05, 4.69) is 22.4 Å². The van der Waals surface area contributed by atoms with Gasteiger partial charge in [-0.15, -0.1) is 0 Å². The molecule has 2 unspecified atom stereocenters. The number of aromatic nitrogens is 2. The number of rotatable bonds is 5. The van der Waals surface area contributed by atoms with E-state index >= 15 is 0 Å². The van der Waals surface area contributed by atoms with Gasteiger partial charge in [0.25, 0.3) is 0 Å². The minimum absolute atomic E-state index is 0.202. The molecule has 1 aliphatic heterocycles. The summed E-state index contributed by atoms with van der Waals surface area (Å²) >= 11 is 0. The molecule has 1 aromatic rings. The maximum Gasteiger partial charge on any atom is 0.233 e. The van der Waals surface area contributed by atoms with Gasteiger partial charge in [-0.3, -0.25) is 0 Å². The van der Waals surface area contributed by atoms with Gasteiger partial charge in [-0.1, -0.05) is 18.5 Å². The molecule has 5 nitrogen and oxygen atoms in total. The molecule has 0 aliphatic carbocycles. The van der Waals surface area contributed by atoms with Gasteiger partial charge in [-0.05, 0) is 13.5 Å². The maximum absolute atomic E-state index is 5.42. The third-order valence-electron chi connectivity index (χ3n) is 3.01. The predicted molar refractivity (Wildman–Crippen MR) is 59.3 cm³/mol. The van der Waals surface area contributed by atoms with Crippen LogP contribution in [0.1, 0.15) is 37.4 Å².